The van der Waals surface area contributed by atoms with E-state index in [0.29, 0.717) is 17.1 Å². The SMILES string of the molecule is N#Cc1cccc(SC(Cc2ccccc2)C(=O)O)n1. The van der Waals surface area contributed by atoms with Crippen molar-refractivity contribution < 1.29 is 9.90 Å². The molecule has 0 fully saturated rings. The van der Waals surface area contributed by atoms with Crippen LogP contribution in [0.25, 0.3) is 0 Å². The highest BCUT2D eigenvalue weighted by Gasteiger charge is 2.20. The fourth-order valence-electron chi connectivity index (χ4n) is 1.70. The van der Waals surface area contributed by atoms with Crippen LogP contribution in [0.5, 0.6) is 0 Å². The average Bonchev–Trinajstić information content (AvgIpc) is 2.48. The number of carbonyl (C=O) groups is 1. The minimum absolute atomic E-state index is 0.291. The molecule has 2 aromatic rings. The predicted octanol–water partition coefficient (Wildman–Crippen LogP) is 2.74. The van der Waals surface area contributed by atoms with E-state index in [2.05, 4.69) is 4.98 Å². The summed E-state index contributed by atoms with van der Waals surface area (Å²) in [7, 11) is 0. The van der Waals surface area contributed by atoms with Crippen LogP contribution in [0.2, 0.25) is 0 Å². The highest BCUT2D eigenvalue weighted by Crippen LogP contribution is 2.24. The van der Waals surface area contributed by atoms with E-state index in [0.717, 1.165) is 17.3 Å². The maximum Gasteiger partial charge on any atom is 0.317 e. The van der Waals surface area contributed by atoms with E-state index < -0.39 is 11.2 Å². The molecule has 0 aliphatic carbocycles. The Kier molecular flexibility index (Phi) is 4.75. The summed E-state index contributed by atoms with van der Waals surface area (Å²) in [5, 5.41) is 18.0. The number of hydrogen-bond acceptors (Lipinski definition) is 4. The summed E-state index contributed by atoms with van der Waals surface area (Å²) in [6.07, 6.45) is 0.416. The number of pyridine rings is 1. The lowest BCUT2D eigenvalue weighted by molar-refractivity contribution is -0.136. The van der Waals surface area contributed by atoms with E-state index >= 15 is 0 Å². The molecule has 20 heavy (non-hydrogen) atoms. The zero-order valence-electron chi connectivity index (χ0n) is 10.6. The van der Waals surface area contributed by atoms with Crippen molar-refractivity contribution in [3.63, 3.8) is 0 Å². The van der Waals surface area contributed by atoms with Crippen LogP contribution < -0.4 is 0 Å². The molecule has 1 unspecified atom stereocenters. The first kappa shape index (κ1) is 14.1. The Morgan fingerprint density at radius 2 is 2.00 bits per heavy atom. The van der Waals surface area contributed by atoms with Gasteiger partial charge < -0.3 is 5.11 Å². The third kappa shape index (κ3) is 3.84. The second-order valence-corrected chi connectivity index (χ2v) is 5.33. The molecular formula is C15H12N2O2S. The third-order valence-corrected chi connectivity index (χ3v) is 3.76. The topological polar surface area (TPSA) is 74.0 Å². The van der Waals surface area contributed by atoms with E-state index in [9.17, 15) is 9.90 Å². The molecule has 5 heteroatoms. The Morgan fingerprint density at radius 3 is 2.65 bits per heavy atom. The first-order chi connectivity index (χ1) is 9.69. The Bertz CT molecular complexity index is 638. The van der Waals surface area contributed by atoms with Gasteiger partial charge in [-0.05, 0) is 24.1 Å². The van der Waals surface area contributed by atoms with Gasteiger partial charge in [-0.3, -0.25) is 4.79 Å². The van der Waals surface area contributed by atoms with Gasteiger partial charge in [0, 0.05) is 0 Å². The largest absolute Gasteiger partial charge is 0.480 e. The summed E-state index contributed by atoms with van der Waals surface area (Å²) in [6, 6.07) is 16.4. The van der Waals surface area contributed by atoms with Crippen molar-refractivity contribution in [2.45, 2.75) is 16.7 Å². The molecule has 4 nitrogen and oxygen atoms in total. The molecule has 0 bridgehead atoms. The lowest BCUT2D eigenvalue weighted by Gasteiger charge is -2.11. The normalized spacial score (nSPS) is 11.6. The Hall–Kier alpha value is -2.32. The third-order valence-electron chi connectivity index (χ3n) is 2.64. The second-order valence-electron chi connectivity index (χ2n) is 4.11. The van der Waals surface area contributed by atoms with Crippen molar-refractivity contribution in [1.29, 1.82) is 5.26 Å². The molecule has 100 valence electrons. The van der Waals surface area contributed by atoms with Crippen LogP contribution in [0.3, 0.4) is 0 Å². The van der Waals surface area contributed by atoms with Gasteiger partial charge >= 0.3 is 5.97 Å². The number of aliphatic carboxylic acids is 1. The monoisotopic (exact) mass is 284 g/mol. The van der Waals surface area contributed by atoms with Crippen molar-refractivity contribution in [2.75, 3.05) is 0 Å². The van der Waals surface area contributed by atoms with Crippen LogP contribution >= 0.6 is 11.8 Å². The summed E-state index contributed by atoms with van der Waals surface area (Å²) in [5.74, 6) is -0.886. The van der Waals surface area contributed by atoms with E-state index in [-0.39, 0.29) is 0 Å². The van der Waals surface area contributed by atoms with Crippen LogP contribution in [0, 0.1) is 11.3 Å². The molecule has 0 saturated carbocycles. The molecule has 0 aliphatic rings. The van der Waals surface area contributed by atoms with E-state index in [1.54, 1.807) is 18.2 Å². The summed E-state index contributed by atoms with van der Waals surface area (Å²) in [5.41, 5.74) is 1.25. The van der Waals surface area contributed by atoms with Gasteiger partial charge in [-0.25, -0.2) is 4.98 Å². The minimum atomic E-state index is -0.886. The van der Waals surface area contributed by atoms with E-state index in [4.69, 9.17) is 5.26 Å². The maximum atomic E-state index is 11.3. The zero-order valence-corrected chi connectivity index (χ0v) is 11.4. The predicted molar refractivity (Wildman–Crippen MR) is 76.4 cm³/mol. The molecule has 0 spiro atoms. The molecule has 0 amide bonds. The van der Waals surface area contributed by atoms with Crippen molar-refractivity contribution >= 4 is 17.7 Å². The number of rotatable bonds is 5. The van der Waals surface area contributed by atoms with Crippen LogP contribution in [0.15, 0.2) is 53.6 Å². The molecule has 0 radical (unpaired) electrons. The maximum absolute atomic E-state index is 11.3. The highest BCUT2D eigenvalue weighted by atomic mass is 32.2. The summed E-state index contributed by atoms with van der Waals surface area (Å²) in [6.45, 7) is 0. The highest BCUT2D eigenvalue weighted by molar-refractivity contribution is 8.00. The molecule has 1 aromatic carbocycles. The van der Waals surface area contributed by atoms with Gasteiger partial charge in [0.05, 0.1) is 5.03 Å². The van der Waals surface area contributed by atoms with Crippen LogP contribution in [-0.2, 0) is 11.2 Å². The van der Waals surface area contributed by atoms with Gasteiger partial charge in [-0.2, -0.15) is 5.26 Å². The van der Waals surface area contributed by atoms with E-state index in [1.165, 1.54) is 0 Å². The number of benzene rings is 1. The van der Waals surface area contributed by atoms with Gasteiger partial charge in [0.25, 0.3) is 0 Å². The Balaban J connectivity index is 2.14. The number of carboxylic acids is 1. The first-order valence-corrected chi connectivity index (χ1v) is 6.87. The number of thioether (sulfide) groups is 1. The molecule has 0 saturated heterocycles. The van der Waals surface area contributed by atoms with Crippen molar-refractivity contribution in [1.82, 2.24) is 4.98 Å². The lowest BCUT2D eigenvalue weighted by Crippen LogP contribution is -2.19. The molecule has 1 atom stereocenters. The van der Waals surface area contributed by atoms with Crippen molar-refractivity contribution in [3.8, 4) is 6.07 Å². The second kappa shape index (κ2) is 6.73. The standard InChI is InChI=1S/C15H12N2O2S/c16-10-12-7-4-8-14(17-12)20-13(15(18)19)9-11-5-2-1-3-6-11/h1-8,13H,9H2,(H,18,19). The van der Waals surface area contributed by atoms with Gasteiger partial charge in [-0.1, -0.05) is 48.2 Å². The van der Waals surface area contributed by atoms with Crippen molar-refractivity contribution in [2.24, 2.45) is 0 Å². The summed E-state index contributed by atoms with van der Waals surface area (Å²) >= 11 is 1.16. The number of aromatic nitrogens is 1. The molecule has 1 N–H and O–H groups in total. The molecular weight excluding hydrogens is 272 g/mol. The van der Waals surface area contributed by atoms with E-state index in [1.807, 2.05) is 36.4 Å². The quantitative estimate of drug-likeness (QED) is 0.854. The Morgan fingerprint density at radius 1 is 1.25 bits per heavy atom. The first-order valence-electron chi connectivity index (χ1n) is 5.99. The summed E-state index contributed by atoms with van der Waals surface area (Å²) < 4.78 is 0. The van der Waals surface area contributed by atoms with Crippen LogP contribution in [0.4, 0.5) is 0 Å². The molecule has 0 aliphatic heterocycles. The van der Waals surface area contributed by atoms with Crippen LogP contribution in [0.1, 0.15) is 11.3 Å². The van der Waals surface area contributed by atoms with Gasteiger partial charge in [0.1, 0.15) is 17.0 Å². The fourth-order valence-corrected chi connectivity index (χ4v) is 2.67. The summed E-state index contributed by atoms with van der Waals surface area (Å²) in [4.78, 5) is 15.4. The molecule has 1 aromatic heterocycles. The average molecular weight is 284 g/mol. The number of nitriles is 1. The van der Waals surface area contributed by atoms with Gasteiger partial charge in [0.2, 0.25) is 0 Å². The Labute approximate surface area is 121 Å². The zero-order chi connectivity index (χ0) is 14.4. The molecule has 2 rings (SSSR count). The minimum Gasteiger partial charge on any atom is -0.480 e. The fraction of sp³-hybridized carbons (Fsp3) is 0.133. The number of hydrogen-bond donors (Lipinski definition) is 1. The van der Waals surface area contributed by atoms with Crippen LogP contribution in [-0.4, -0.2) is 21.3 Å². The van der Waals surface area contributed by atoms with Gasteiger partial charge in [0.15, 0.2) is 0 Å². The molecule has 1 heterocycles. The van der Waals surface area contributed by atoms with Crippen molar-refractivity contribution in [3.05, 3.63) is 59.8 Å². The smallest absolute Gasteiger partial charge is 0.317 e. The number of nitrogens with zero attached hydrogens (tertiary/aromatic N) is 2. The number of carboxylic acid groups (broad SMARTS) is 1. The van der Waals surface area contributed by atoms with Gasteiger partial charge in [-0.15, -0.1) is 0 Å². The lowest BCUT2D eigenvalue weighted by atomic mass is 10.1.